The molecule has 0 saturated heterocycles. The Morgan fingerprint density at radius 3 is 2.54 bits per heavy atom. The Morgan fingerprint density at radius 1 is 1.00 bits per heavy atom. The van der Waals surface area contributed by atoms with E-state index >= 15 is 0 Å². The predicted octanol–water partition coefficient (Wildman–Crippen LogP) is 3.11. The Hall–Kier alpha value is -3.49. The number of aromatic nitrogens is 2. The summed E-state index contributed by atoms with van der Waals surface area (Å²) in [7, 11) is 1.36. The topological polar surface area (TPSA) is 64.1 Å². The second kappa shape index (κ2) is 9.45. The quantitative estimate of drug-likeness (QED) is 0.551. The van der Waals surface area contributed by atoms with Crippen molar-refractivity contribution in [3.05, 3.63) is 83.2 Å². The van der Waals surface area contributed by atoms with Crippen LogP contribution in [0.4, 0.5) is 0 Å². The Balaban J connectivity index is 1.71. The third kappa shape index (κ3) is 5.03. The normalized spacial score (nSPS) is 10.1. The average Bonchev–Trinajstić information content (AvgIpc) is 2.74. The van der Waals surface area contributed by atoms with Crippen LogP contribution >= 0.6 is 0 Å². The molecule has 0 aliphatic rings. The van der Waals surface area contributed by atoms with Crippen LogP contribution in [0.1, 0.15) is 22.5 Å². The van der Waals surface area contributed by atoms with E-state index in [0.717, 1.165) is 16.8 Å². The zero-order valence-electron chi connectivity index (χ0n) is 15.9. The van der Waals surface area contributed by atoms with Crippen LogP contribution in [-0.4, -0.2) is 29.8 Å². The van der Waals surface area contributed by atoms with Crippen LogP contribution in [0, 0.1) is 18.8 Å². The molecule has 3 aromatic rings. The molecule has 0 bridgehead atoms. The van der Waals surface area contributed by atoms with E-state index in [9.17, 15) is 4.79 Å². The lowest BCUT2D eigenvalue weighted by Crippen LogP contribution is -2.23. The molecule has 28 heavy (non-hydrogen) atoms. The number of esters is 1. The summed E-state index contributed by atoms with van der Waals surface area (Å²) in [6.45, 7) is 2.65. The Morgan fingerprint density at radius 2 is 1.82 bits per heavy atom. The molecule has 0 unspecified atom stereocenters. The summed E-state index contributed by atoms with van der Waals surface area (Å²) < 4.78 is 4.57. The first kappa shape index (κ1) is 19.3. The Kier molecular flexibility index (Phi) is 6.50. The second-order valence-corrected chi connectivity index (χ2v) is 6.18. The summed E-state index contributed by atoms with van der Waals surface area (Å²) in [5.41, 5.74) is 5.78. The van der Waals surface area contributed by atoms with Crippen molar-refractivity contribution < 1.29 is 9.53 Å². The second-order valence-electron chi connectivity index (χ2n) is 6.18. The molecule has 0 radical (unpaired) electrons. The summed E-state index contributed by atoms with van der Waals surface area (Å²) in [5, 5.41) is 11.2. The minimum atomic E-state index is -0.316. The first-order valence-corrected chi connectivity index (χ1v) is 8.94. The highest BCUT2D eigenvalue weighted by Gasteiger charge is 2.04. The van der Waals surface area contributed by atoms with Crippen LogP contribution in [-0.2, 0) is 16.1 Å². The van der Waals surface area contributed by atoms with Gasteiger partial charge in [-0.15, -0.1) is 5.10 Å². The molecule has 0 saturated carbocycles. The van der Waals surface area contributed by atoms with Gasteiger partial charge >= 0.3 is 5.97 Å². The fraction of sp³-hybridized carbons (Fsp3) is 0.174. The van der Waals surface area contributed by atoms with Crippen molar-refractivity contribution in [3.63, 3.8) is 0 Å². The van der Waals surface area contributed by atoms with Gasteiger partial charge in [-0.25, -0.2) is 0 Å². The molecule has 5 nitrogen and oxygen atoms in total. The van der Waals surface area contributed by atoms with Crippen LogP contribution in [0.25, 0.3) is 11.1 Å². The lowest BCUT2D eigenvalue weighted by atomic mass is 9.97. The molecule has 3 rings (SSSR count). The van der Waals surface area contributed by atoms with E-state index in [0.29, 0.717) is 12.2 Å². The number of ether oxygens (including phenoxy) is 1. The summed E-state index contributed by atoms with van der Waals surface area (Å²) in [6.07, 6.45) is 0. The molecular weight excluding hydrogens is 350 g/mol. The molecule has 1 heterocycles. The van der Waals surface area contributed by atoms with Crippen molar-refractivity contribution >= 4 is 5.97 Å². The minimum Gasteiger partial charge on any atom is -0.468 e. The highest BCUT2D eigenvalue weighted by molar-refractivity contribution is 5.71. The van der Waals surface area contributed by atoms with Crippen LogP contribution in [0.2, 0.25) is 0 Å². The van der Waals surface area contributed by atoms with E-state index in [2.05, 4.69) is 57.2 Å². The van der Waals surface area contributed by atoms with Gasteiger partial charge in [0.05, 0.1) is 19.3 Å². The molecule has 5 heteroatoms. The minimum absolute atomic E-state index is 0.136. The van der Waals surface area contributed by atoms with Crippen molar-refractivity contribution in [2.45, 2.75) is 13.5 Å². The molecule has 1 aromatic heterocycles. The number of carbonyl (C=O) groups excluding carboxylic acids is 1. The van der Waals surface area contributed by atoms with E-state index in [1.54, 1.807) is 0 Å². The van der Waals surface area contributed by atoms with Crippen LogP contribution in [0.5, 0.6) is 0 Å². The number of benzene rings is 2. The highest BCUT2D eigenvalue weighted by Crippen LogP contribution is 2.25. The summed E-state index contributed by atoms with van der Waals surface area (Å²) in [6, 6.07) is 20.1. The number of hydrogen-bond donors (Lipinski definition) is 1. The Labute approximate surface area is 164 Å². The fourth-order valence-electron chi connectivity index (χ4n) is 2.72. The molecule has 0 aliphatic heterocycles. The van der Waals surface area contributed by atoms with Gasteiger partial charge in [-0.1, -0.05) is 48.4 Å². The maximum absolute atomic E-state index is 11.1. The van der Waals surface area contributed by atoms with E-state index in [-0.39, 0.29) is 12.5 Å². The van der Waals surface area contributed by atoms with Gasteiger partial charge < -0.3 is 10.1 Å². The molecule has 140 valence electrons. The average molecular weight is 371 g/mol. The maximum atomic E-state index is 11.1. The standard InChI is InChI=1S/C23H21N3O2/c1-17-18(9-6-10-22(17)19-7-4-3-5-8-19)11-12-20-13-14-21(26-25-20)15-24-16-23(27)28-2/h3-10,13-14,24H,15-16H2,1-2H3. The lowest BCUT2D eigenvalue weighted by Gasteiger charge is -2.07. The van der Waals surface area contributed by atoms with E-state index in [1.807, 2.05) is 42.5 Å². The zero-order valence-corrected chi connectivity index (χ0v) is 15.9. The van der Waals surface area contributed by atoms with Crippen molar-refractivity contribution in [2.24, 2.45) is 0 Å². The number of carbonyl (C=O) groups is 1. The largest absolute Gasteiger partial charge is 0.468 e. The van der Waals surface area contributed by atoms with Gasteiger partial charge in [0.2, 0.25) is 0 Å². The first-order valence-electron chi connectivity index (χ1n) is 8.94. The molecule has 1 N–H and O–H groups in total. The van der Waals surface area contributed by atoms with Gasteiger partial charge in [-0.3, -0.25) is 4.79 Å². The summed E-state index contributed by atoms with van der Waals surface area (Å²) in [4.78, 5) is 11.1. The van der Waals surface area contributed by atoms with E-state index in [4.69, 9.17) is 0 Å². The van der Waals surface area contributed by atoms with Crippen molar-refractivity contribution in [2.75, 3.05) is 13.7 Å². The molecule has 0 spiro atoms. The summed E-state index contributed by atoms with van der Waals surface area (Å²) >= 11 is 0. The van der Waals surface area contributed by atoms with Crippen LogP contribution < -0.4 is 5.32 Å². The van der Waals surface area contributed by atoms with Crippen molar-refractivity contribution in [1.29, 1.82) is 0 Å². The highest BCUT2D eigenvalue weighted by atomic mass is 16.5. The zero-order chi connectivity index (χ0) is 19.8. The van der Waals surface area contributed by atoms with Gasteiger partial charge in [0.25, 0.3) is 0 Å². The third-order valence-electron chi connectivity index (χ3n) is 4.27. The van der Waals surface area contributed by atoms with Gasteiger partial charge in [-0.2, -0.15) is 5.10 Å². The van der Waals surface area contributed by atoms with Gasteiger partial charge in [0.1, 0.15) is 5.69 Å². The molecule has 0 aliphatic carbocycles. The molecular formula is C23H21N3O2. The fourth-order valence-corrected chi connectivity index (χ4v) is 2.72. The predicted molar refractivity (Wildman–Crippen MR) is 108 cm³/mol. The maximum Gasteiger partial charge on any atom is 0.319 e. The van der Waals surface area contributed by atoms with E-state index < -0.39 is 0 Å². The van der Waals surface area contributed by atoms with Crippen molar-refractivity contribution in [3.8, 4) is 23.0 Å². The number of hydrogen-bond acceptors (Lipinski definition) is 5. The lowest BCUT2D eigenvalue weighted by molar-refractivity contribution is -0.139. The first-order chi connectivity index (χ1) is 13.7. The van der Waals surface area contributed by atoms with Crippen LogP contribution in [0.3, 0.4) is 0 Å². The SMILES string of the molecule is COC(=O)CNCc1ccc(C#Cc2cccc(-c3ccccc3)c2C)nn1. The summed E-state index contributed by atoms with van der Waals surface area (Å²) in [5.74, 6) is 5.95. The van der Waals surface area contributed by atoms with Gasteiger partial charge in [0, 0.05) is 12.1 Å². The molecule has 2 aromatic carbocycles. The van der Waals surface area contributed by atoms with E-state index in [1.165, 1.54) is 18.2 Å². The molecule has 0 atom stereocenters. The van der Waals surface area contributed by atoms with Gasteiger partial charge in [-0.05, 0) is 47.7 Å². The smallest absolute Gasteiger partial charge is 0.319 e. The monoisotopic (exact) mass is 371 g/mol. The molecule has 0 fully saturated rings. The Bertz CT molecular complexity index is 1000. The number of methoxy groups -OCH3 is 1. The van der Waals surface area contributed by atoms with Crippen molar-refractivity contribution in [1.82, 2.24) is 15.5 Å². The number of nitrogens with zero attached hydrogens (tertiary/aromatic N) is 2. The molecule has 0 amide bonds. The number of rotatable bonds is 5. The third-order valence-corrected chi connectivity index (χ3v) is 4.27. The van der Waals surface area contributed by atoms with Crippen LogP contribution in [0.15, 0.2) is 60.7 Å². The van der Waals surface area contributed by atoms with Gasteiger partial charge in [0.15, 0.2) is 0 Å². The number of nitrogens with one attached hydrogen (secondary N) is 1.